The van der Waals surface area contributed by atoms with E-state index in [-0.39, 0.29) is 17.7 Å². The van der Waals surface area contributed by atoms with E-state index >= 15 is 0 Å². The number of ether oxygens (including phenoxy) is 1. The summed E-state index contributed by atoms with van der Waals surface area (Å²) in [5, 5.41) is 13.0. The third kappa shape index (κ3) is 7.75. The highest BCUT2D eigenvalue weighted by Crippen LogP contribution is 2.34. The molecule has 2 aliphatic heterocycles. The molecule has 2 aliphatic rings. The van der Waals surface area contributed by atoms with Gasteiger partial charge in [-0.2, -0.15) is 0 Å². The lowest BCUT2D eigenvalue weighted by Gasteiger charge is -2.36. The largest absolute Gasteiger partial charge is 0.494 e. The number of methoxy groups -OCH3 is 1. The summed E-state index contributed by atoms with van der Waals surface area (Å²) in [7, 11) is 3.23. The molecule has 3 aromatic rings. The summed E-state index contributed by atoms with van der Waals surface area (Å²) >= 11 is 0. The Morgan fingerprint density at radius 1 is 0.979 bits per heavy atom. The van der Waals surface area contributed by atoms with Crippen LogP contribution in [0, 0.1) is 5.41 Å². The highest BCUT2D eigenvalue weighted by atomic mass is 16.5. The van der Waals surface area contributed by atoms with E-state index in [1.165, 1.54) is 38.4 Å². The monoisotopic (exact) mass is 644 g/mol. The highest BCUT2D eigenvalue weighted by molar-refractivity contribution is 6.03. The van der Waals surface area contributed by atoms with Crippen LogP contribution >= 0.6 is 0 Å². The van der Waals surface area contributed by atoms with E-state index in [0.717, 1.165) is 18.8 Å². The summed E-state index contributed by atoms with van der Waals surface area (Å²) in [6.45, 7) is 10.0. The van der Waals surface area contributed by atoms with Gasteiger partial charge in [-0.1, -0.05) is 20.8 Å². The molecular weight excluding hydrogens is 596 g/mol. The predicted octanol–water partition coefficient (Wildman–Crippen LogP) is 4.44. The van der Waals surface area contributed by atoms with Gasteiger partial charge in [0.2, 0.25) is 17.7 Å². The first-order chi connectivity index (χ1) is 22.5. The number of rotatable bonds is 10. The predicted molar refractivity (Wildman–Crippen MR) is 185 cm³/mol. The SMILES string of the molecule is CN[C@@H](C)C(=O)N[C@H](C(=O)N1CCCC1C(=O)Nc1cc2c(Nc3ccc(N4CCCCC4)cc3)ncnc2cc1OC)C(C)(C)C. The Kier molecular flexibility index (Phi) is 10.5. The van der Waals surface area contributed by atoms with Gasteiger partial charge in [0.25, 0.3) is 0 Å². The second-order valence-electron chi connectivity index (χ2n) is 13.5. The first-order valence-electron chi connectivity index (χ1n) is 16.5. The molecule has 2 aromatic carbocycles. The van der Waals surface area contributed by atoms with Gasteiger partial charge in [0.05, 0.1) is 24.4 Å². The number of amides is 3. The standard InChI is InChI=1S/C35H48N8O4/c1-22(36-5)32(44)41-30(35(2,3)4)34(46)43-18-10-11-28(43)33(45)40-27-19-25-26(20-29(27)47-6)37-21-38-31(25)39-23-12-14-24(15-13-23)42-16-8-7-9-17-42/h12-15,19-22,28,30,36H,7-11,16-18H2,1-6H3,(H,40,45)(H,41,44)(H,37,38,39)/t22-,28?,30+/m0/s1. The molecule has 0 radical (unpaired) electrons. The average molecular weight is 645 g/mol. The van der Waals surface area contributed by atoms with Gasteiger partial charge in [0.15, 0.2) is 0 Å². The molecule has 2 saturated heterocycles. The minimum atomic E-state index is -0.797. The number of hydrogen-bond acceptors (Lipinski definition) is 9. The number of nitrogens with one attached hydrogen (secondary N) is 4. The molecule has 1 unspecified atom stereocenters. The number of likely N-dealkylation sites (N-methyl/N-ethyl adjacent to an activating group) is 1. The highest BCUT2D eigenvalue weighted by Gasteiger charge is 2.42. The van der Waals surface area contributed by atoms with E-state index in [4.69, 9.17) is 4.74 Å². The summed E-state index contributed by atoms with van der Waals surface area (Å²) in [6, 6.07) is 9.94. The number of benzene rings is 2. The number of nitrogens with zero attached hydrogens (tertiary/aromatic N) is 4. The zero-order valence-electron chi connectivity index (χ0n) is 28.4. The summed E-state index contributed by atoms with van der Waals surface area (Å²) in [5.74, 6) is 0.167. The fourth-order valence-electron chi connectivity index (χ4n) is 6.23. The molecule has 4 N–H and O–H groups in total. The average Bonchev–Trinajstić information content (AvgIpc) is 3.57. The molecule has 3 amide bonds. The number of aromatic nitrogens is 2. The third-order valence-electron chi connectivity index (χ3n) is 9.13. The lowest BCUT2D eigenvalue weighted by atomic mass is 9.85. The van der Waals surface area contributed by atoms with Crippen molar-refractivity contribution in [2.75, 3.05) is 49.3 Å². The number of likely N-dealkylation sites (tertiary alicyclic amines) is 1. The second kappa shape index (κ2) is 14.5. The topological polar surface area (TPSA) is 141 Å². The summed E-state index contributed by atoms with van der Waals surface area (Å²) in [5.41, 5.74) is 2.63. The molecule has 12 nitrogen and oxygen atoms in total. The molecule has 47 heavy (non-hydrogen) atoms. The normalized spacial score (nSPS) is 18.0. The molecule has 3 atom stereocenters. The summed E-state index contributed by atoms with van der Waals surface area (Å²) in [6.07, 6.45) is 6.40. The number of anilines is 4. The summed E-state index contributed by atoms with van der Waals surface area (Å²) in [4.78, 5) is 53.4. The zero-order valence-corrected chi connectivity index (χ0v) is 28.4. The number of carbonyl (C=O) groups is 3. The Morgan fingerprint density at radius 3 is 2.36 bits per heavy atom. The van der Waals surface area contributed by atoms with Crippen molar-refractivity contribution in [2.45, 2.75) is 77.9 Å². The van der Waals surface area contributed by atoms with Crippen LogP contribution in [0.2, 0.25) is 0 Å². The van der Waals surface area contributed by atoms with Crippen LogP contribution in [-0.4, -0.2) is 84.5 Å². The Hall–Kier alpha value is -4.45. The van der Waals surface area contributed by atoms with Crippen molar-refractivity contribution in [3.8, 4) is 5.75 Å². The van der Waals surface area contributed by atoms with E-state index < -0.39 is 23.5 Å². The molecule has 252 valence electrons. The Morgan fingerprint density at radius 2 is 1.70 bits per heavy atom. The third-order valence-corrected chi connectivity index (χ3v) is 9.13. The molecule has 1 aromatic heterocycles. The van der Waals surface area contributed by atoms with Crippen molar-refractivity contribution in [1.29, 1.82) is 0 Å². The molecule has 0 bridgehead atoms. The van der Waals surface area contributed by atoms with Crippen molar-refractivity contribution < 1.29 is 19.1 Å². The maximum Gasteiger partial charge on any atom is 0.247 e. The molecule has 3 heterocycles. The van der Waals surface area contributed by atoms with E-state index in [0.29, 0.717) is 47.5 Å². The van der Waals surface area contributed by atoms with Crippen LogP contribution in [0.3, 0.4) is 0 Å². The lowest BCUT2D eigenvalue weighted by molar-refractivity contribution is -0.143. The van der Waals surface area contributed by atoms with Crippen LogP contribution in [0.15, 0.2) is 42.7 Å². The Balaban J connectivity index is 1.36. The van der Waals surface area contributed by atoms with E-state index in [1.807, 2.05) is 32.9 Å². The van der Waals surface area contributed by atoms with E-state index in [9.17, 15) is 14.4 Å². The van der Waals surface area contributed by atoms with Crippen LogP contribution < -0.4 is 30.9 Å². The van der Waals surface area contributed by atoms with Crippen molar-refractivity contribution in [1.82, 2.24) is 25.5 Å². The molecule has 0 spiro atoms. The number of fused-ring (bicyclic) bond motifs is 1. The maximum absolute atomic E-state index is 13.9. The smallest absolute Gasteiger partial charge is 0.247 e. The van der Waals surface area contributed by atoms with Crippen LogP contribution in [0.4, 0.5) is 22.9 Å². The van der Waals surface area contributed by atoms with Crippen LogP contribution in [0.25, 0.3) is 10.9 Å². The lowest BCUT2D eigenvalue weighted by Crippen LogP contribution is -2.59. The maximum atomic E-state index is 13.9. The van der Waals surface area contributed by atoms with Crippen molar-refractivity contribution >= 4 is 51.5 Å². The number of hydrogen-bond donors (Lipinski definition) is 4. The fourth-order valence-corrected chi connectivity index (χ4v) is 6.23. The van der Waals surface area contributed by atoms with Gasteiger partial charge in [-0.15, -0.1) is 0 Å². The molecule has 12 heteroatoms. The molecule has 2 fully saturated rings. The van der Waals surface area contributed by atoms with Gasteiger partial charge in [-0.25, -0.2) is 9.97 Å². The summed E-state index contributed by atoms with van der Waals surface area (Å²) < 4.78 is 5.65. The molecular formula is C35H48N8O4. The molecule has 5 rings (SSSR count). The fraction of sp³-hybridized carbons (Fsp3) is 0.514. The van der Waals surface area contributed by atoms with Crippen molar-refractivity contribution in [3.63, 3.8) is 0 Å². The minimum Gasteiger partial charge on any atom is -0.494 e. The first kappa shape index (κ1) is 33.9. The van der Waals surface area contributed by atoms with Gasteiger partial charge in [-0.05, 0) is 81.8 Å². The number of piperidine rings is 1. The van der Waals surface area contributed by atoms with Crippen LogP contribution in [0.1, 0.15) is 59.8 Å². The van der Waals surface area contributed by atoms with Gasteiger partial charge < -0.3 is 35.8 Å². The van der Waals surface area contributed by atoms with E-state index in [2.05, 4.69) is 48.3 Å². The number of carbonyl (C=O) groups excluding carboxylic acids is 3. The quantitative estimate of drug-likeness (QED) is 0.252. The molecule has 0 aliphatic carbocycles. The van der Waals surface area contributed by atoms with Crippen LogP contribution in [0.5, 0.6) is 5.75 Å². The van der Waals surface area contributed by atoms with Gasteiger partial charge in [-0.3, -0.25) is 14.4 Å². The first-order valence-corrected chi connectivity index (χ1v) is 16.5. The van der Waals surface area contributed by atoms with Gasteiger partial charge >= 0.3 is 0 Å². The van der Waals surface area contributed by atoms with Gasteiger partial charge in [0.1, 0.15) is 30.0 Å². The van der Waals surface area contributed by atoms with Crippen LogP contribution in [-0.2, 0) is 14.4 Å². The zero-order chi connectivity index (χ0) is 33.7. The Labute approximate surface area is 277 Å². The second-order valence-corrected chi connectivity index (χ2v) is 13.5. The van der Waals surface area contributed by atoms with Gasteiger partial charge in [0, 0.05) is 42.5 Å². The minimum absolute atomic E-state index is 0.272. The van der Waals surface area contributed by atoms with E-state index in [1.54, 1.807) is 31.0 Å². The van der Waals surface area contributed by atoms with Crippen molar-refractivity contribution in [2.24, 2.45) is 5.41 Å². The Bertz CT molecular complexity index is 1580. The van der Waals surface area contributed by atoms with Crippen molar-refractivity contribution in [3.05, 3.63) is 42.7 Å². The molecule has 0 saturated carbocycles.